The highest BCUT2D eigenvalue weighted by Crippen LogP contribution is 2.12. The minimum absolute atomic E-state index is 0.408. The molecule has 0 aliphatic carbocycles. The fourth-order valence-corrected chi connectivity index (χ4v) is 1.75. The van der Waals surface area contributed by atoms with E-state index in [1.165, 1.54) is 0 Å². The summed E-state index contributed by atoms with van der Waals surface area (Å²) in [6.07, 6.45) is 0. The summed E-state index contributed by atoms with van der Waals surface area (Å²) in [5, 5.41) is 0. The van der Waals surface area contributed by atoms with Crippen molar-refractivity contribution in [1.29, 1.82) is 0 Å². The van der Waals surface area contributed by atoms with Gasteiger partial charge < -0.3 is 4.90 Å². The summed E-state index contributed by atoms with van der Waals surface area (Å²) in [5.41, 5.74) is 2.36. The van der Waals surface area contributed by atoms with Gasteiger partial charge in [0.05, 0.1) is 0 Å². The normalized spacial score (nSPS) is 10.1. The Morgan fingerprint density at radius 3 is 2.24 bits per heavy atom. The van der Waals surface area contributed by atoms with Crippen molar-refractivity contribution in [3.05, 3.63) is 34.9 Å². The number of amides is 1. The molecule has 0 aliphatic heterocycles. The van der Waals surface area contributed by atoms with E-state index in [9.17, 15) is 9.59 Å². The molecule has 0 bridgehead atoms. The average Bonchev–Trinajstić information content (AvgIpc) is 2.32. The van der Waals surface area contributed by atoms with E-state index in [1.54, 1.807) is 11.0 Å². The molecule has 17 heavy (non-hydrogen) atoms. The van der Waals surface area contributed by atoms with Gasteiger partial charge in [-0.2, -0.15) is 0 Å². The molecular formula is C14H19NO2. The number of ketones is 1. The van der Waals surface area contributed by atoms with Crippen molar-refractivity contribution in [3.63, 3.8) is 0 Å². The van der Waals surface area contributed by atoms with Gasteiger partial charge in [-0.15, -0.1) is 0 Å². The zero-order chi connectivity index (χ0) is 13.0. The number of rotatable bonds is 4. The second-order valence-corrected chi connectivity index (χ2v) is 4.12. The summed E-state index contributed by atoms with van der Waals surface area (Å²) < 4.78 is 0. The summed E-state index contributed by atoms with van der Waals surface area (Å²) >= 11 is 0. The van der Waals surface area contributed by atoms with Gasteiger partial charge in [0.1, 0.15) is 0 Å². The van der Waals surface area contributed by atoms with Crippen molar-refractivity contribution in [1.82, 2.24) is 4.90 Å². The van der Waals surface area contributed by atoms with Crippen LogP contribution in [-0.2, 0) is 4.79 Å². The SMILES string of the molecule is CCN(CC)C(=O)C(=O)c1cc(C)ccc1C. The van der Waals surface area contributed by atoms with Gasteiger partial charge in [0.25, 0.3) is 11.7 Å². The van der Waals surface area contributed by atoms with Crippen LogP contribution in [0.4, 0.5) is 0 Å². The summed E-state index contributed by atoms with van der Waals surface area (Å²) in [7, 11) is 0. The summed E-state index contributed by atoms with van der Waals surface area (Å²) in [6.45, 7) is 8.63. The lowest BCUT2D eigenvalue weighted by molar-refractivity contribution is -0.126. The predicted molar refractivity (Wildman–Crippen MR) is 68.2 cm³/mol. The van der Waals surface area contributed by atoms with E-state index in [1.807, 2.05) is 39.8 Å². The van der Waals surface area contributed by atoms with E-state index in [0.29, 0.717) is 18.7 Å². The largest absolute Gasteiger partial charge is 0.336 e. The van der Waals surface area contributed by atoms with Crippen molar-refractivity contribution in [2.45, 2.75) is 27.7 Å². The smallest absolute Gasteiger partial charge is 0.294 e. The maximum atomic E-state index is 12.1. The first-order chi connectivity index (χ1) is 8.01. The highest BCUT2D eigenvalue weighted by molar-refractivity contribution is 6.43. The van der Waals surface area contributed by atoms with Crippen LogP contribution < -0.4 is 0 Å². The molecule has 0 unspecified atom stereocenters. The molecule has 0 N–H and O–H groups in total. The quantitative estimate of drug-likeness (QED) is 0.591. The number of benzene rings is 1. The lowest BCUT2D eigenvalue weighted by Gasteiger charge is -2.18. The summed E-state index contributed by atoms with van der Waals surface area (Å²) in [4.78, 5) is 25.6. The molecule has 1 aromatic carbocycles. The first-order valence-corrected chi connectivity index (χ1v) is 5.92. The number of aryl methyl sites for hydroxylation is 2. The standard InChI is InChI=1S/C14H19NO2/c1-5-15(6-2)14(17)13(16)12-9-10(3)7-8-11(12)4/h7-9H,5-6H2,1-4H3. The Kier molecular flexibility index (Phi) is 4.44. The molecule has 1 amide bonds. The van der Waals surface area contributed by atoms with Gasteiger partial charge in [-0.05, 0) is 39.3 Å². The molecule has 3 heteroatoms. The lowest BCUT2D eigenvalue weighted by atomic mass is 10.0. The lowest BCUT2D eigenvalue weighted by Crippen LogP contribution is -2.36. The van der Waals surface area contributed by atoms with Crippen LogP contribution in [0.3, 0.4) is 0 Å². The van der Waals surface area contributed by atoms with Gasteiger partial charge in [0.2, 0.25) is 0 Å². The van der Waals surface area contributed by atoms with Crippen LogP contribution in [0.2, 0.25) is 0 Å². The Labute approximate surface area is 102 Å². The maximum absolute atomic E-state index is 12.1. The van der Waals surface area contributed by atoms with Crippen LogP contribution in [0.1, 0.15) is 35.3 Å². The number of nitrogens with zero attached hydrogens (tertiary/aromatic N) is 1. The Balaban J connectivity index is 3.04. The molecule has 1 rings (SSSR count). The third-order valence-corrected chi connectivity index (χ3v) is 2.88. The van der Waals surface area contributed by atoms with Crippen LogP contribution in [0, 0.1) is 13.8 Å². The Morgan fingerprint density at radius 1 is 1.12 bits per heavy atom. The van der Waals surface area contributed by atoms with Crippen molar-refractivity contribution in [3.8, 4) is 0 Å². The molecule has 0 aromatic heterocycles. The predicted octanol–water partition coefficient (Wildman–Crippen LogP) is 2.35. The number of carbonyl (C=O) groups is 2. The van der Waals surface area contributed by atoms with Gasteiger partial charge in [0, 0.05) is 18.7 Å². The molecule has 0 aliphatic rings. The number of carbonyl (C=O) groups excluding carboxylic acids is 2. The number of hydrogen-bond donors (Lipinski definition) is 0. The van der Waals surface area contributed by atoms with Crippen molar-refractivity contribution < 1.29 is 9.59 Å². The van der Waals surface area contributed by atoms with Crippen molar-refractivity contribution >= 4 is 11.7 Å². The van der Waals surface area contributed by atoms with Gasteiger partial charge >= 0.3 is 0 Å². The van der Waals surface area contributed by atoms with E-state index in [-0.39, 0.29) is 0 Å². The fraction of sp³-hybridized carbons (Fsp3) is 0.429. The molecule has 0 heterocycles. The van der Waals surface area contributed by atoms with Gasteiger partial charge in [-0.1, -0.05) is 17.7 Å². The van der Waals surface area contributed by atoms with Crippen LogP contribution in [-0.4, -0.2) is 29.7 Å². The molecule has 0 saturated heterocycles. The molecule has 0 saturated carbocycles. The molecule has 1 aromatic rings. The van der Waals surface area contributed by atoms with Gasteiger partial charge in [-0.25, -0.2) is 0 Å². The third-order valence-electron chi connectivity index (χ3n) is 2.88. The number of hydrogen-bond acceptors (Lipinski definition) is 2. The Bertz CT molecular complexity index is 434. The van der Waals surface area contributed by atoms with E-state index in [0.717, 1.165) is 11.1 Å². The molecule has 92 valence electrons. The second-order valence-electron chi connectivity index (χ2n) is 4.12. The number of likely N-dealkylation sites (N-methyl/N-ethyl adjacent to an activating group) is 1. The zero-order valence-electron chi connectivity index (χ0n) is 10.9. The van der Waals surface area contributed by atoms with Crippen LogP contribution >= 0.6 is 0 Å². The van der Waals surface area contributed by atoms with E-state index < -0.39 is 11.7 Å². The molecule has 0 fully saturated rings. The molecule has 0 spiro atoms. The second kappa shape index (κ2) is 5.62. The summed E-state index contributed by atoms with van der Waals surface area (Å²) in [6, 6.07) is 5.59. The number of Topliss-reactive ketones (excluding diaryl/α,β-unsaturated/α-hetero) is 1. The average molecular weight is 233 g/mol. The Morgan fingerprint density at radius 2 is 1.71 bits per heavy atom. The highest BCUT2D eigenvalue weighted by atomic mass is 16.2. The highest BCUT2D eigenvalue weighted by Gasteiger charge is 2.22. The first-order valence-electron chi connectivity index (χ1n) is 5.92. The Hall–Kier alpha value is -1.64. The molecule has 0 radical (unpaired) electrons. The zero-order valence-corrected chi connectivity index (χ0v) is 10.9. The van der Waals surface area contributed by atoms with Crippen LogP contribution in [0.5, 0.6) is 0 Å². The maximum Gasteiger partial charge on any atom is 0.294 e. The van der Waals surface area contributed by atoms with Crippen LogP contribution in [0.15, 0.2) is 18.2 Å². The fourth-order valence-electron chi connectivity index (χ4n) is 1.75. The van der Waals surface area contributed by atoms with Gasteiger partial charge in [-0.3, -0.25) is 9.59 Å². The molecular weight excluding hydrogens is 214 g/mol. The topological polar surface area (TPSA) is 37.4 Å². The van der Waals surface area contributed by atoms with E-state index >= 15 is 0 Å². The van der Waals surface area contributed by atoms with Gasteiger partial charge in [0.15, 0.2) is 0 Å². The molecule has 0 atom stereocenters. The van der Waals surface area contributed by atoms with E-state index in [4.69, 9.17) is 0 Å². The van der Waals surface area contributed by atoms with Crippen molar-refractivity contribution in [2.24, 2.45) is 0 Å². The van der Waals surface area contributed by atoms with E-state index in [2.05, 4.69) is 0 Å². The minimum Gasteiger partial charge on any atom is -0.336 e. The third kappa shape index (κ3) is 2.93. The van der Waals surface area contributed by atoms with Crippen molar-refractivity contribution in [2.75, 3.05) is 13.1 Å². The molecule has 3 nitrogen and oxygen atoms in total. The van der Waals surface area contributed by atoms with Crippen LogP contribution in [0.25, 0.3) is 0 Å². The monoisotopic (exact) mass is 233 g/mol. The summed E-state index contributed by atoms with van der Waals surface area (Å²) in [5.74, 6) is -0.821. The first kappa shape index (κ1) is 13.4. The minimum atomic E-state index is -0.413.